The minimum absolute atomic E-state index is 0.558. The van der Waals surface area contributed by atoms with Gasteiger partial charge in [0.05, 0.1) is 5.56 Å². The van der Waals surface area contributed by atoms with Crippen molar-refractivity contribution in [3.05, 3.63) is 29.3 Å². The van der Waals surface area contributed by atoms with Crippen LogP contribution in [-0.4, -0.2) is 30.0 Å². The van der Waals surface area contributed by atoms with Crippen molar-refractivity contribution >= 4 is 5.91 Å². The molecule has 1 aromatic carbocycles. The summed E-state index contributed by atoms with van der Waals surface area (Å²) in [5, 5.41) is 9.17. The van der Waals surface area contributed by atoms with Gasteiger partial charge in [0.2, 0.25) is 0 Å². The van der Waals surface area contributed by atoms with Gasteiger partial charge in [-0.25, -0.2) is 0 Å². The first-order chi connectivity index (χ1) is 7.25. The van der Waals surface area contributed by atoms with Gasteiger partial charge in [-0.2, -0.15) is 13.2 Å². The molecule has 1 aromatic rings. The van der Waals surface area contributed by atoms with Gasteiger partial charge in [0.1, 0.15) is 11.3 Å². The van der Waals surface area contributed by atoms with Gasteiger partial charge >= 0.3 is 6.18 Å². The summed E-state index contributed by atoms with van der Waals surface area (Å²) in [7, 11) is 2.68. The van der Waals surface area contributed by atoms with Crippen molar-refractivity contribution in [2.24, 2.45) is 0 Å². The van der Waals surface area contributed by atoms with Crippen LogP contribution in [0.3, 0.4) is 0 Å². The SMILES string of the molecule is CN(C)C(=O)c1cccc(O)c1C(F)(F)F. The molecule has 0 radical (unpaired) electrons. The molecule has 0 fully saturated rings. The van der Waals surface area contributed by atoms with Gasteiger partial charge in [0, 0.05) is 14.1 Å². The number of phenolic OH excluding ortho intramolecular Hbond substituents is 1. The van der Waals surface area contributed by atoms with Crippen molar-refractivity contribution < 1.29 is 23.1 Å². The Bertz CT molecular complexity index is 413. The summed E-state index contributed by atoms with van der Waals surface area (Å²) in [6, 6.07) is 3.13. The number of nitrogens with zero attached hydrogens (tertiary/aromatic N) is 1. The predicted molar refractivity (Wildman–Crippen MR) is 51.1 cm³/mol. The highest BCUT2D eigenvalue weighted by Gasteiger charge is 2.38. The number of alkyl halides is 3. The van der Waals surface area contributed by atoms with E-state index in [2.05, 4.69) is 0 Å². The monoisotopic (exact) mass is 233 g/mol. The largest absolute Gasteiger partial charge is 0.507 e. The zero-order valence-electron chi connectivity index (χ0n) is 8.67. The second-order valence-electron chi connectivity index (χ2n) is 3.40. The van der Waals surface area contributed by atoms with E-state index in [0.717, 1.165) is 17.0 Å². The maximum Gasteiger partial charge on any atom is 0.420 e. The van der Waals surface area contributed by atoms with Gasteiger partial charge < -0.3 is 10.0 Å². The van der Waals surface area contributed by atoms with E-state index in [1.54, 1.807) is 0 Å². The van der Waals surface area contributed by atoms with E-state index in [-0.39, 0.29) is 0 Å². The van der Waals surface area contributed by atoms with Gasteiger partial charge in [-0.3, -0.25) is 4.79 Å². The third-order valence-corrected chi connectivity index (χ3v) is 1.96. The Morgan fingerprint density at radius 2 is 1.88 bits per heavy atom. The molecule has 0 saturated heterocycles. The molecular formula is C10H10F3NO2. The van der Waals surface area contributed by atoms with Crippen LogP contribution in [0, 0.1) is 0 Å². The minimum Gasteiger partial charge on any atom is -0.507 e. The molecule has 16 heavy (non-hydrogen) atoms. The molecule has 0 aliphatic heterocycles. The molecule has 0 aliphatic carbocycles. The molecule has 0 unspecified atom stereocenters. The predicted octanol–water partition coefficient (Wildman–Crippen LogP) is 2.11. The molecule has 0 bridgehead atoms. The average molecular weight is 233 g/mol. The first-order valence-electron chi connectivity index (χ1n) is 4.36. The summed E-state index contributed by atoms with van der Waals surface area (Å²) in [6.07, 6.45) is -4.76. The molecule has 0 saturated carbocycles. The van der Waals surface area contributed by atoms with Crippen molar-refractivity contribution in [1.29, 1.82) is 0 Å². The molecule has 0 atom stereocenters. The first-order valence-corrected chi connectivity index (χ1v) is 4.36. The van der Waals surface area contributed by atoms with Gasteiger partial charge in [-0.15, -0.1) is 0 Å². The van der Waals surface area contributed by atoms with Crippen LogP contribution in [-0.2, 0) is 6.18 Å². The van der Waals surface area contributed by atoms with Crippen molar-refractivity contribution in [3.63, 3.8) is 0 Å². The van der Waals surface area contributed by atoms with Gasteiger partial charge in [0.15, 0.2) is 0 Å². The summed E-state index contributed by atoms with van der Waals surface area (Å²) < 4.78 is 37.8. The maximum atomic E-state index is 12.6. The molecule has 1 rings (SSSR count). The average Bonchev–Trinajstić information content (AvgIpc) is 2.14. The van der Waals surface area contributed by atoms with Crippen LogP contribution in [0.1, 0.15) is 15.9 Å². The van der Waals surface area contributed by atoms with Crippen LogP contribution in [0.15, 0.2) is 18.2 Å². The first kappa shape index (κ1) is 12.4. The Balaban J connectivity index is 3.41. The Labute approximate surface area is 90.1 Å². The Morgan fingerprint density at radius 1 is 1.31 bits per heavy atom. The smallest absolute Gasteiger partial charge is 0.420 e. The number of halogens is 3. The molecule has 6 heteroatoms. The lowest BCUT2D eigenvalue weighted by Crippen LogP contribution is -2.25. The zero-order chi connectivity index (χ0) is 12.5. The van der Waals surface area contributed by atoms with Crippen LogP contribution in [0.5, 0.6) is 5.75 Å². The standard InChI is InChI=1S/C10H10F3NO2/c1-14(2)9(16)6-4-3-5-7(15)8(6)10(11,12)13/h3-5,15H,1-2H3. The highest BCUT2D eigenvalue weighted by molar-refractivity contribution is 5.96. The Hall–Kier alpha value is -1.72. The van der Waals surface area contributed by atoms with Gasteiger partial charge in [0.25, 0.3) is 5.91 Å². The van der Waals surface area contributed by atoms with E-state index in [0.29, 0.717) is 0 Å². The number of aromatic hydroxyl groups is 1. The number of hydrogen-bond donors (Lipinski definition) is 1. The van der Waals surface area contributed by atoms with Crippen LogP contribution < -0.4 is 0 Å². The molecule has 0 heterocycles. The van der Waals surface area contributed by atoms with Crippen molar-refractivity contribution in [2.75, 3.05) is 14.1 Å². The number of carbonyl (C=O) groups excluding carboxylic acids is 1. The fourth-order valence-corrected chi connectivity index (χ4v) is 1.26. The number of phenols is 1. The molecule has 3 nitrogen and oxygen atoms in total. The topological polar surface area (TPSA) is 40.5 Å². The Kier molecular flexibility index (Phi) is 3.11. The summed E-state index contributed by atoms with van der Waals surface area (Å²) >= 11 is 0. The number of amides is 1. The van der Waals surface area contributed by atoms with Crippen LogP contribution in [0.25, 0.3) is 0 Å². The summed E-state index contributed by atoms with van der Waals surface area (Å²) in [4.78, 5) is 12.5. The molecule has 0 spiro atoms. The van der Waals surface area contributed by atoms with E-state index in [4.69, 9.17) is 5.11 Å². The number of carbonyl (C=O) groups is 1. The third-order valence-electron chi connectivity index (χ3n) is 1.96. The van der Waals surface area contributed by atoms with E-state index in [9.17, 15) is 18.0 Å². The van der Waals surface area contributed by atoms with E-state index < -0.39 is 29.0 Å². The van der Waals surface area contributed by atoms with Crippen LogP contribution in [0.2, 0.25) is 0 Å². The maximum absolute atomic E-state index is 12.6. The minimum atomic E-state index is -4.76. The quantitative estimate of drug-likeness (QED) is 0.807. The molecule has 1 N–H and O–H groups in total. The fraction of sp³-hybridized carbons (Fsp3) is 0.300. The van der Waals surface area contributed by atoms with Crippen LogP contribution >= 0.6 is 0 Å². The molecule has 1 amide bonds. The lowest BCUT2D eigenvalue weighted by atomic mass is 10.0. The lowest BCUT2D eigenvalue weighted by molar-refractivity contribution is -0.139. The third kappa shape index (κ3) is 2.26. The van der Waals surface area contributed by atoms with Crippen molar-refractivity contribution in [2.45, 2.75) is 6.18 Å². The van der Waals surface area contributed by atoms with Crippen molar-refractivity contribution in [3.8, 4) is 5.75 Å². The second-order valence-corrected chi connectivity index (χ2v) is 3.40. The lowest BCUT2D eigenvalue weighted by Gasteiger charge is -2.16. The normalized spacial score (nSPS) is 11.3. The summed E-state index contributed by atoms with van der Waals surface area (Å²) in [6.45, 7) is 0. The van der Waals surface area contributed by atoms with Crippen LogP contribution in [0.4, 0.5) is 13.2 Å². The second kappa shape index (κ2) is 4.03. The summed E-state index contributed by atoms with van der Waals surface area (Å²) in [5.41, 5.74) is -1.86. The molecular weight excluding hydrogens is 223 g/mol. The van der Waals surface area contributed by atoms with Gasteiger partial charge in [-0.1, -0.05) is 6.07 Å². The van der Waals surface area contributed by atoms with E-state index in [1.807, 2.05) is 0 Å². The van der Waals surface area contributed by atoms with E-state index in [1.165, 1.54) is 20.2 Å². The Morgan fingerprint density at radius 3 is 2.31 bits per heavy atom. The molecule has 0 aromatic heterocycles. The van der Waals surface area contributed by atoms with E-state index >= 15 is 0 Å². The zero-order valence-corrected chi connectivity index (χ0v) is 8.67. The summed E-state index contributed by atoms with van der Waals surface area (Å²) in [5.74, 6) is -1.75. The number of hydrogen-bond acceptors (Lipinski definition) is 2. The number of rotatable bonds is 1. The number of benzene rings is 1. The fourth-order valence-electron chi connectivity index (χ4n) is 1.26. The van der Waals surface area contributed by atoms with Gasteiger partial charge in [-0.05, 0) is 12.1 Å². The highest BCUT2D eigenvalue weighted by Crippen LogP contribution is 2.38. The van der Waals surface area contributed by atoms with Crippen molar-refractivity contribution in [1.82, 2.24) is 4.90 Å². The molecule has 0 aliphatic rings. The molecule has 88 valence electrons. The highest BCUT2D eigenvalue weighted by atomic mass is 19.4.